The monoisotopic (exact) mass is 578 g/mol. The van der Waals surface area contributed by atoms with Gasteiger partial charge in [-0.25, -0.2) is 0 Å². The van der Waals surface area contributed by atoms with Crippen LogP contribution in [0.25, 0.3) is 0 Å². The molecule has 4 aromatic rings. The number of aryl methyl sites for hydroxylation is 2. The lowest BCUT2D eigenvalue weighted by Crippen LogP contribution is -2.23. The molecule has 0 aromatic heterocycles. The molecule has 1 aliphatic rings. The van der Waals surface area contributed by atoms with Gasteiger partial charge in [0, 0.05) is 16.7 Å². The summed E-state index contributed by atoms with van der Waals surface area (Å²) in [6.07, 6.45) is 0. The molecule has 0 radical (unpaired) electrons. The third kappa shape index (κ3) is 4.89. The first-order valence-electron chi connectivity index (χ1n) is 11.8. The summed E-state index contributed by atoms with van der Waals surface area (Å²) >= 11 is 0. The van der Waals surface area contributed by atoms with Crippen LogP contribution in [0.2, 0.25) is 0 Å². The van der Waals surface area contributed by atoms with Gasteiger partial charge in [-0.15, -0.1) is 0 Å². The van der Waals surface area contributed by atoms with E-state index in [1.54, 1.807) is 38.1 Å². The fourth-order valence-corrected chi connectivity index (χ4v) is 6.06. The zero-order valence-corrected chi connectivity index (χ0v) is 22.7. The van der Waals surface area contributed by atoms with Gasteiger partial charge >= 0.3 is 0 Å². The van der Waals surface area contributed by atoms with E-state index < -0.39 is 41.6 Å². The molecule has 4 aromatic carbocycles. The second-order valence-corrected chi connectivity index (χ2v) is 12.1. The minimum absolute atomic E-state index is 0.0370. The summed E-state index contributed by atoms with van der Waals surface area (Å²) < 4.78 is 68.4. The van der Waals surface area contributed by atoms with Gasteiger partial charge in [0.05, 0.1) is 28.3 Å². The number of rotatable bonds is 6. The number of benzene rings is 4. The molecule has 0 saturated heterocycles. The van der Waals surface area contributed by atoms with E-state index in [0.29, 0.717) is 11.1 Å². The lowest BCUT2D eigenvalue weighted by atomic mass is 9.82. The Hall–Kier alpha value is -4.36. The number of nitrogens with one attached hydrogen (secondary N) is 2. The van der Waals surface area contributed by atoms with Gasteiger partial charge in [-0.2, -0.15) is 16.8 Å². The van der Waals surface area contributed by atoms with Crippen LogP contribution in [0.15, 0.2) is 82.6 Å². The molecule has 0 saturated carbocycles. The molecule has 0 atom stereocenters. The standard InChI is InChI=1S/C28H22N2O8S2/c1-15-7-10-20(23(13-15)39(33,34)35)29-22-12-9-19-25(28(32)18-6-4-3-5-17(18)27(19)31)26(22)30-21-11-8-16(2)14-24(21)40(36,37)38/h3-14,29-30H,1-2H3,(H,33,34,35)(H,36,37,38). The maximum atomic E-state index is 13.8. The predicted molar refractivity (Wildman–Crippen MR) is 148 cm³/mol. The van der Waals surface area contributed by atoms with Crippen molar-refractivity contribution >= 4 is 54.6 Å². The van der Waals surface area contributed by atoms with Crippen molar-refractivity contribution in [2.24, 2.45) is 0 Å². The minimum Gasteiger partial charge on any atom is -0.353 e. The maximum absolute atomic E-state index is 13.8. The van der Waals surface area contributed by atoms with Crippen LogP contribution in [0.3, 0.4) is 0 Å². The molecule has 1 aliphatic carbocycles. The quantitative estimate of drug-likeness (QED) is 0.200. The van der Waals surface area contributed by atoms with E-state index in [4.69, 9.17) is 0 Å². The van der Waals surface area contributed by atoms with Crippen molar-refractivity contribution in [1.29, 1.82) is 0 Å². The van der Waals surface area contributed by atoms with E-state index in [1.165, 1.54) is 48.5 Å². The zero-order valence-electron chi connectivity index (χ0n) is 21.1. The molecule has 10 nitrogen and oxygen atoms in total. The minimum atomic E-state index is -4.72. The highest BCUT2D eigenvalue weighted by Gasteiger charge is 2.33. The van der Waals surface area contributed by atoms with Crippen molar-refractivity contribution in [2.45, 2.75) is 23.6 Å². The summed E-state index contributed by atoms with van der Waals surface area (Å²) in [7, 11) is -9.39. The van der Waals surface area contributed by atoms with Crippen molar-refractivity contribution < 1.29 is 35.5 Å². The Bertz CT molecular complexity index is 1970. The summed E-state index contributed by atoms with van der Waals surface area (Å²) in [4.78, 5) is 26.2. The summed E-state index contributed by atoms with van der Waals surface area (Å²) in [5, 5.41) is 5.79. The lowest BCUT2D eigenvalue weighted by Gasteiger charge is -2.24. The van der Waals surface area contributed by atoms with Gasteiger partial charge in [0.1, 0.15) is 9.79 Å². The summed E-state index contributed by atoms with van der Waals surface area (Å²) in [5.41, 5.74) is 1.29. The molecule has 204 valence electrons. The van der Waals surface area contributed by atoms with Crippen LogP contribution in [0.1, 0.15) is 43.0 Å². The number of fused-ring (bicyclic) bond motifs is 2. The van der Waals surface area contributed by atoms with Gasteiger partial charge in [-0.1, -0.05) is 36.4 Å². The molecule has 0 amide bonds. The second-order valence-electron chi connectivity index (χ2n) is 9.31. The van der Waals surface area contributed by atoms with Gasteiger partial charge in [0.25, 0.3) is 20.2 Å². The van der Waals surface area contributed by atoms with Crippen molar-refractivity contribution in [3.63, 3.8) is 0 Å². The molecular formula is C28H22N2O8S2. The van der Waals surface area contributed by atoms with Crippen LogP contribution < -0.4 is 10.6 Å². The number of hydrogen-bond donors (Lipinski definition) is 4. The Labute approximate surface area is 230 Å². The fourth-order valence-electron chi connectivity index (χ4n) is 4.59. The topological polar surface area (TPSA) is 167 Å². The Morgan fingerprint density at radius 2 is 1.05 bits per heavy atom. The molecule has 12 heteroatoms. The molecule has 4 N–H and O–H groups in total. The first kappa shape index (κ1) is 27.2. The third-order valence-electron chi connectivity index (χ3n) is 6.45. The van der Waals surface area contributed by atoms with Crippen LogP contribution in [0, 0.1) is 13.8 Å². The smallest absolute Gasteiger partial charge is 0.296 e. The van der Waals surface area contributed by atoms with Crippen molar-refractivity contribution in [1.82, 2.24) is 0 Å². The van der Waals surface area contributed by atoms with E-state index in [1.807, 2.05) is 0 Å². The average molecular weight is 579 g/mol. The first-order chi connectivity index (χ1) is 18.8. The molecular weight excluding hydrogens is 556 g/mol. The summed E-state index contributed by atoms with van der Waals surface area (Å²) in [5.74, 6) is -0.969. The number of ketones is 2. The Kier molecular flexibility index (Phi) is 6.59. The van der Waals surface area contributed by atoms with Crippen LogP contribution in [0.4, 0.5) is 22.7 Å². The van der Waals surface area contributed by atoms with E-state index in [0.717, 1.165) is 0 Å². The highest BCUT2D eigenvalue weighted by atomic mass is 32.2. The number of carbonyl (C=O) groups excluding carboxylic acids is 2. The Balaban J connectivity index is 1.77. The number of anilines is 4. The lowest BCUT2D eigenvalue weighted by molar-refractivity contribution is 0.0980. The molecule has 5 rings (SSSR count). The Morgan fingerprint density at radius 3 is 1.57 bits per heavy atom. The van der Waals surface area contributed by atoms with E-state index in [2.05, 4.69) is 10.6 Å². The third-order valence-corrected chi connectivity index (χ3v) is 8.24. The van der Waals surface area contributed by atoms with Gasteiger partial charge < -0.3 is 10.6 Å². The van der Waals surface area contributed by atoms with Gasteiger partial charge in [0.2, 0.25) is 0 Å². The normalized spacial score (nSPS) is 13.0. The Morgan fingerprint density at radius 1 is 0.575 bits per heavy atom. The van der Waals surface area contributed by atoms with Crippen molar-refractivity contribution in [3.8, 4) is 0 Å². The molecule has 0 bridgehead atoms. The summed E-state index contributed by atoms with van der Waals surface area (Å²) in [6.45, 7) is 3.27. The highest BCUT2D eigenvalue weighted by molar-refractivity contribution is 7.86. The van der Waals surface area contributed by atoms with Crippen LogP contribution in [-0.2, 0) is 20.2 Å². The maximum Gasteiger partial charge on any atom is 0.296 e. The SMILES string of the molecule is Cc1ccc(Nc2ccc3c(c2Nc2ccc(C)cc2S(=O)(=O)O)C(=O)c2ccccc2C3=O)c(S(=O)(=O)O)c1. The molecule has 0 spiro atoms. The highest BCUT2D eigenvalue weighted by Crippen LogP contribution is 2.41. The van der Waals surface area contributed by atoms with E-state index in [9.17, 15) is 35.5 Å². The van der Waals surface area contributed by atoms with E-state index >= 15 is 0 Å². The van der Waals surface area contributed by atoms with Crippen molar-refractivity contribution in [3.05, 3.63) is 106 Å². The van der Waals surface area contributed by atoms with Gasteiger partial charge in [-0.05, 0) is 61.4 Å². The zero-order chi connectivity index (χ0) is 29.0. The molecule has 0 fully saturated rings. The van der Waals surface area contributed by atoms with E-state index in [-0.39, 0.29) is 45.0 Å². The second kappa shape index (κ2) is 9.68. The number of hydrogen-bond acceptors (Lipinski definition) is 8. The number of carbonyl (C=O) groups is 2. The molecule has 0 heterocycles. The average Bonchev–Trinajstić information content (AvgIpc) is 2.88. The summed E-state index contributed by atoms with van der Waals surface area (Å²) in [6, 6.07) is 17.6. The van der Waals surface area contributed by atoms with Crippen molar-refractivity contribution in [2.75, 3.05) is 10.6 Å². The van der Waals surface area contributed by atoms with Crippen LogP contribution in [0.5, 0.6) is 0 Å². The fraction of sp³-hybridized carbons (Fsp3) is 0.0714. The molecule has 40 heavy (non-hydrogen) atoms. The van der Waals surface area contributed by atoms with Crippen LogP contribution >= 0.6 is 0 Å². The predicted octanol–water partition coefficient (Wildman–Crippen LogP) is 5.06. The van der Waals surface area contributed by atoms with Gasteiger partial charge in [-0.3, -0.25) is 18.7 Å². The van der Waals surface area contributed by atoms with Crippen LogP contribution in [-0.4, -0.2) is 37.5 Å². The first-order valence-corrected chi connectivity index (χ1v) is 14.7. The molecule has 0 unspecified atom stereocenters. The largest absolute Gasteiger partial charge is 0.353 e. The molecule has 0 aliphatic heterocycles. The van der Waals surface area contributed by atoms with Gasteiger partial charge in [0.15, 0.2) is 11.6 Å².